The Balaban J connectivity index is 1.64. The highest BCUT2D eigenvalue weighted by Crippen LogP contribution is 2.41. The fraction of sp³-hybridized carbons (Fsp3) is 0.688. The molecule has 0 aromatic carbocycles. The molecule has 2 amide bonds. The summed E-state index contributed by atoms with van der Waals surface area (Å²) in [6, 6.07) is 0. The minimum Gasteiger partial charge on any atom is -0.383 e. The third kappa shape index (κ3) is 3.26. The van der Waals surface area contributed by atoms with E-state index in [-0.39, 0.29) is 17.2 Å². The van der Waals surface area contributed by atoms with E-state index in [2.05, 4.69) is 4.98 Å². The normalized spacial score (nSPS) is 25.2. The lowest BCUT2D eigenvalue weighted by atomic mass is 9.79. The van der Waals surface area contributed by atoms with Crippen LogP contribution < -0.4 is 0 Å². The minimum atomic E-state index is -0.273. The van der Waals surface area contributed by atoms with E-state index >= 15 is 0 Å². The number of hydrogen-bond donors (Lipinski definition) is 0. The van der Waals surface area contributed by atoms with Gasteiger partial charge < -0.3 is 14.5 Å². The average molecular weight is 337 g/mol. The van der Waals surface area contributed by atoms with Crippen molar-refractivity contribution in [2.45, 2.75) is 25.7 Å². The number of hydrogen-bond acceptors (Lipinski definition) is 5. The van der Waals surface area contributed by atoms with Crippen LogP contribution in [0.25, 0.3) is 0 Å². The Morgan fingerprint density at radius 1 is 1.35 bits per heavy atom. The predicted octanol–water partition coefficient (Wildman–Crippen LogP) is 1.63. The van der Waals surface area contributed by atoms with E-state index in [4.69, 9.17) is 4.74 Å². The highest BCUT2D eigenvalue weighted by molar-refractivity contribution is 7.07. The van der Waals surface area contributed by atoms with Gasteiger partial charge in [0.15, 0.2) is 0 Å². The zero-order valence-electron chi connectivity index (χ0n) is 13.5. The molecule has 126 valence electrons. The molecule has 7 heteroatoms. The summed E-state index contributed by atoms with van der Waals surface area (Å²) < 4.78 is 5.09. The van der Waals surface area contributed by atoms with E-state index in [1.807, 2.05) is 9.80 Å². The molecule has 23 heavy (non-hydrogen) atoms. The second-order valence-electron chi connectivity index (χ2n) is 6.33. The number of rotatable bonds is 4. The molecule has 2 saturated heterocycles. The molecule has 1 spiro atoms. The van der Waals surface area contributed by atoms with Gasteiger partial charge in [-0.05, 0) is 25.7 Å². The van der Waals surface area contributed by atoms with Crippen molar-refractivity contribution >= 4 is 23.2 Å². The number of nitrogens with zero attached hydrogens (tertiary/aromatic N) is 3. The maximum atomic E-state index is 12.8. The average Bonchev–Trinajstić information content (AvgIpc) is 3.12. The van der Waals surface area contributed by atoms with Gasteiger partial charge in [0.25, 0.3) is 5.91 Å². The maximum Gasteiger partial charge on any atom is 0.273 e. The third-order valence-electron chi connectivity index (χ3n) is 5.05. The van der Waals surface area contributed by atoms with Crippen LogP contribution >= 0.6 is 11.3 Å². The van der Waals surface area contributed by atoms with Gasteiger partial charge in [0.2, 0.25) is 5.91 Å². The zero-order chi connectivity index (χ0) is 16.3. The molecule has 3 rings (SSSR count). The van der Waals surface area contributed by atoms with Crippen molar-refractivity contribution in [1.82, 2.24) is 14.8 Å². The largest absolute Gasteiger partial charge is 0.383 e. The first-order valence-electron chi connectivity index (χ1n) is 8.12. The molecular weight excluding hydrogens is 314 g/mol. The number of carbonyl (C=O) groups is 2. The molecule has 0 radical (unpaired) electrons. The highest BCUT2D eigenvalue weighted by atomic mass is 32.1. The van der Waals surface area contributed by atoms with Gasteiger partial charge in [-0.1, -0.05) is 0 Å². The lowest BCUT2D eigenvalue weighted by Gasteiger charge is -2.26. The van der Waals surface area contributed by atoms with Crippen LogP contribution in [0.3, 0.4) is 0 Å². The van der Waals surface area contributed by atoms with Crippen molar-refractivity contribution in [3.8, 4) is 0 Å². The van der Waals surface area contributed by atoms with Gasteiger partial charge in [-0.3, -0.25) is 9.59 Å². The Morgan fingerprint density at radius 3 is 2.91 bits per heavy atom. The van der Waals surface area contributed by atoms with E-state index in [1.54, 1.807) is 18.0 Å². The molecular formula is C16H23N3O3S. The molecule has 2 aliphatic rings. The van der Waals surface area contributed by atoms with Gasteiger partial charge in [-0.2, -0.15) is 0 Å². The minimum absolute atomic E-state index is 0.00927. The molecule has 0 bridgehead atoms. The summed E-state index contributed by atoms with van der Waals surface area (Å²) >= 11 is 1.43. The first kappa shape index (κ1) is 16.4. The van der Waals surface area contributed by atoms with Gasteiger partial charge in [0.1, 0.15) is 5.69 Å². The van der Waals surface area contributed by atoms with Crippen LogP contribution in [0.5, 0.6) is 0 Å². The molecule has 0 unspecified atom stereocenters. The summed E-state index contributed by atoms with van der Waals surface area (Å²) in [6.45, 7) is 3.40. The number of ether oxygens (including phenoxy) is 1. The van der Waals surface area contributed by atoms with Crippen molar-refractivity contribution in [3.05, 3.63) is 16.6 Å². The molecule has 0 N–H and O–H groups in total. The first-order chi connectivity index (χ1) is 11.2. The Labute approximate surface area is 140 Å². The van der Waals surface area contributed by atoms with E-state index in [9.17, 15) is 9.59 Å². The van der Waals surface area contributed by atoms with Crippen molar-refractivity contribution in [2.75, 3.05) is 39.9 Å². The topological polar surface area (TPSA) is 62.7 Å². The fourth-order valence-corrected chi connectivity index (χ4v) is 4.17. The lowest BCUT2D eigenvalue weighted by Crippen LogP contribution is -2.37. The number of thiazole rings is 1. The fourth-order valence-electron chi connectivity index (χ4n) is 3.65. The quantitative estimate of drug-likeness (QED) is 0.838. The maximum absolute atomic E-state index is 12.8. The van der Waals surface area contributed by atoms with E-state index in [0.29, 0.717) is 31.9 Å². The van der Waals surface area contributed by atoms with Crippen LogP contribution in [0.2, 0.25) is 0 Å². The first-order valence-corrected chi connectivity index (χ1v) is 9.06. The molecule has 1 aromatic rings. The number of likely N-dealkylation sites (tertiary alicyclic amines) is 2. The van der Waals surface area contributed by atoms with Crippen LogP contribution in [-0.4, -0.2) is 66.5 Å². The zero-order valence-corrected chi connectivity index (χ0v) is 14.3. The summed E-state index contributed by atoms with van der Waals surface area (Å²) in [6.07, 6.45) is 3.40. The smallest absolute Gasteiger partial charge is 0.273 e. The Morgan fingerprint density at radius 2 is 2.17 bits per heavy atom. The number of carbonyl (C=O) groups excluding carboxylic acids is 2. The molecule has 0 saturated carbocycles. The van der Waals surface area contributed by atoms with E-state index in [1.165, 1.54) is 11.3 Å². The number of methoxy groups -OCH3 is 1. The van der Waals surface area contributed by atoms with E-state index in [0.717, 1.165) is 32.2 Å². The second kappa shape index (κ2) is 6.97. The molecule has 2 fully saturated rings. The predicted molar refractivity (Wildman–Crippen MR) is 87.4 cm³/mol. The summed E-state index contributed by atoms with van der Waals surface area (Å²) in [4.78, 5) is 33.1. The standard InChI is InChI=1S/C16H23N3O3S/c1-22-10-9-19-8-5-16(15(19)21)3-2-6-18(7-4-16)14(20)13-11-23-12-17-13/h11-12H,2-10H2,1H3/t16-/m0/s1. The van der Waals surface area contributed by atoms with Crippen molar-refractivity contribution in [1.29, 1.82) is 0 Å². The monoisotopic (exact) mass is 337 g/mol. The third-order valence-corrected chi connectivity index (χ3v) is 5.64. The summed E-state index contributed by atoms with van der Waals surface area (Å²) in [7, 11) is 1.66. The Hall–Kier alpha value is -1.47. The van der Waals surface area contributed by atoms with Crippen molar-refractivity contribution < 1.29 is 14.3 Å². The van der Waals surface area contributed by atoms with Gasteiger partial charge in [0.05, 0.1) is 17.5 Å². The molecule has 3 heterocycles. The Bertz CT molecular complexity index is 563. The van der Waals surface area contributed by atoms with Crippen molar-refractivity contribution in [2.24, 2.45) is 5.41 Å². The lowest BCUT2D eigenvalue weighted by molar-refractivity contribution is -0.137. The summed E-state index contributed by atoms with van der Waals surface area (Å²) in [5, 5.41) is 1.79. The number of aromatic nitrogens is 1. The van der Waals surface area contributed by atoms with Crippen LogP contribution in [0, 0.1) is 5.41 Å². The molecule has 2 aliphatic heterocycles. The van der Waals surface area contributed by atoms with Gasteiger partial charge >= 0.3 is 0 Å². The molecule has 1 aromatic heterocycles. The van der Waals surface area contributed by atoms with Crippen LogP contribution in [-0.2, 0) is 9.53 Å². The molecule has 1 atom stereocenters. The SMILES string of the molecule is COCCN1CC[C@@]2(CCCN(C(=O)c3cscn3)CC2)C1=O. The Kier molecular flexibility index (Phi) is 4.96. The summed E-state index contributed by atoms with van der Waals surface area (Å²) in [5.41, 5.74) is 1.93. The number of amides is 2. The van der Waals surface area contributed by atoms with Crippen LogP contribution in [0.1, 0.15) is 36.2 Å². The van der Waals surface area contributed by atoms with Crippen LogP contribution in [0.15, 0.2) is 10.9 Å². The van der Waals surface area contributed by atoms with Crippen LogP contribution in [0.4, 0.5) is 0 Å². The molecule has 0 aliphatic carbocycles. The van der Waals surface area contributed by atoms with Gasteiger partial charge in [0, 0.05) is 38.7 Å². The van der Waals surface area contributed by atoms with Crippen molar-refractivity contribution in [3.63, 3.8) is 0 Å². The highest BCUT2D eigenvalue weighted by Gasteiger charge is 2.47. The van der Waals surface area contributed by atoms with Gasteiger partial charge in [-0.25, -0.2) is 4.98 Å². The summed E-state index contributed by atoms with van der Waals surface area (Å²) in [5.74, 6) is 0.238. The molecule has 6 nitrogen and oxygen atoms in total. The second-order valence-corrected chi connectivity index (χ2v) is 7.05. The van der Waals surface area contributed by atoms with Gasteiger partial charge in [-0.15, -0.1) is 11.3 Å². The van der Waals surface area contributed by atoms with E-state index < -0.39 is 0 Å².